The SMILES string of the molecule is Brc1ccccc1.Oc1cccc(O)c1. The minimum absolute atomic E-state index is 0.0880. The Kier molecular flexibility index (Phi) is 4.71. The first-order valence-electron chi connectivity index (χ1n) is 4.37. The molecular weight excluding hydrogens is 256 g/mol. The number of rotatable bonds is 0. The predicted octanol–water partition coefficient (Wildman–Crippen LogP) is 3.55. The lowest BCUT2D eigenvalue weighted by Crippen LogP contribution is -1.61. The molecule has 15 heavy (non-hydrogen) atoms. The van der Waals surface area contributed by atoms with E-state index < -0.39 is 0 Å². The molecule has 0 unspecified atom stereocenters. The van der Waals surface area contributed by atoms with E-state index in [1.165, 1.54) is 18.2 Å². The summed E-state index contributed by atoms with van der Waals surface area (Å²) in [5.41, 5.74) is 0. The summed E-state index contributed by atoms with van der Waals surface area (Å²) in [6.07, 6.45) is 0. The molecule has 0 aromatic heterocycles. The second-order valence-corrected chi connectivity index (χ2v) is 3.73. The molecule has 0 saturated carbocycles. The van der Waals surface area contributed by atoms with Crippen molar-refractivity contribution >= 4 is 15.9 Å². The highest BCUT2D eigenvalue weighted by Gasteiger charge is 1.85. The fourth-order valence-electron chi connectivity index (χ4n) is 0.908. The van der Waals surface area contributed by atoms with Crippen molar-refractivity contribution in [2.45, 2.75) is 0 Å². The Bertz CT molecular complexity index is 384. The Morgan fingerprint density at radius 3 is 1.53 bits per heavy atom. The molecule has 0 aliphatic rings. The third kappa shape index (κ3) is 5.08. The van der Waals surface area contributed by atoms with Gasteiger partial charge in [-0.25, -0.2) is 0 Å². The van der Waals surface area contributed by atoms with Gasteiger partial charge in [0.25, 0.3) is 0 Å². The lowest BCUT2D eigenvalue weighted by atomic mass is 10.3. The van der Waals surface area contributed by atoms with Gasteiger partial charge in [0.1, 0.15) is 11.5 Å². The Morgan fingerprint density at radius 2 is 1.27 bits per heavy atom. The van der Waals surface area contributed by atoms with Crippen LogP contribution in [0.15, 0.2) is 59.1 Å². The van der Waals surface area contributed by atoms with Gasteiger partial charge in [-0.3, -0.25) is 0 Å². The normalized spacial score (nSPS) is 8.87. The highest BCUT2D eigenvalue weighted by atomic mass is 79.9. The molecule has 0 radical (unpaired) electrons. The van der Waals surface area contributed by atoms with Gasteiger partial charge in [-0.05, 0) is 24.3 Å². The van der Waals surface area contributed by atoms with Crippen LogP contribution in [0.3, 0.4) is 0 Å². The van der Waals surface area contributed by atoms with E-state index >= 15 is 0 Å². The maximum absolute atomic E-state index is 8.65. The summed E-state index contributed by atoms with van der Waals surface area (Å²) in [5.74, 6) is 0.176. The molecule has 0 spiro atoms. The topological polar surface area (TPSA) is 40.5 Å². The molecule has 2 N–H and O–H groups in total. The molecule has 0 saturated heterocycles. The monoisotopic (exact) mass is 266 g/mol. The van der Waals surface area contributed by atoms with Gasteiger partial charge in [-0.2, -0.15) is 0 Å². The number of hydrogen-bond acceptors (Lipinski definition) is 2. The van der Waals surface area contributed by atoms with E-state index in [0.29, 0.717) is 0 Å². The van der Waals surface area contributed by atoms with Crippen LogP contribution in [-0.2, 0) is 0 Å². The van der Waals surface area contributed by atoms with Crippen molar-refractivity contribution in [1.82, 2.24) is 0 Å². The van der Waals surface area contributed by atoms with E-state index in [0.717, 1.165) is 4.47 Å². The van der Waals surface area contributed by atoms with Gasteiger partial charge >= 0.3 is 0 Å². The molecule has 0 aliphatic carbocycles. The van der Waals surface area contributed by atoms with E-state index in [4.69, 9.17) is 10.2 Å². The molecule has 0 amide bonds. The van der Waals surface area contributed by atoms with Crippen molar-refractivity contribution in [3.8, 4) is 11.5 Å². The van der Waals surface area contributed by atoms with Crippen molar-refractivity contribution in [2.75, 3.05) is 0 Å². The van der Waals surface area contributed by atoms with Gasteiger partial charge in [0.2, 0.25) is 0 Å². The van der Waals surface area contributed by atoms with E-state index in [2.05, 4.69) is 15.9 Å². The number of phenolic OH excluding ortho intramolecular Hbond substituents is 2. The van der Waals surface area contributed by atoms with Crippen LogP contribution in [0.5, 0.6) is 11.5 Å². The summed E-state index contributed by atoms with van der Waals surface area (Å²) in [4.78, 5) is 0. The molecule has 78 valence electrons. The molecule has 0 fully saturated rings. The van der Waals surface area contributed by atoms with E-state index in [1.807, 2.05) is 30.3 Å². The molecule has 0 bridgehead atoms. The van der Waals surface area contributed by atoms with Crippen molar-refractivity contribution in [3.05, 3.63) is 59.1 Å². The Morgan fingerprint density at radius 1 is 0.733 bits per heavy atom. The Labute approximate surface area is 97.0 Å². The van der Waals surface area contributed by atoms with Crippen LogP contribution >= 0.6 is 15.9 Å². The van der Waals surface area contributed by atoms with E-state index in [9.17, 15) is 0 Å². The van der Waals surface area contributed by atoms with Crippen molar-refractivity contribution in [3.63, 3.8) is 0 Å². The Balaban J connectivity index is 0.000000151. The molecule has 3 heteroatoms. The molecule has 2 aromatic carbocycles. The maximum Gasteiger partial charge on any atom is 0.119 e. The molecule has 2 nitrogen and oxygen atoms in total. The van der Waals surface area contributed by atoms with Crippen LogP contribution in [0.25, 0.3) is 0 Å². The second-order valence-electron chi connectivity index (χ2n) is 2.82. The zero-order valence-corrected chi connectivity index (χ0v) is 9.55. The average Bonchev–Trinajstić information content (AvgIpc) is 2.19. The quantitative estimate of drug-likeness (QED) is 0.766. The van der Waals surface area contributed by atoms with Gasteiger partial charge < -0.3 is 10.2 Å². The minimum Gasteiger partial charge on any atom is -0.508 e. The first-order chi connectivity index (χ1) is 7.18. The van der Waals surface area contributed by atoms with E-state index in [1.54, 1.807) is 6.07 Å². The molecule has 2 rings (SSSR count). The zero-order valence-electron chi connectivity index (χ0n) is 7.97. The highest BCUT2D eigenvalue weighted by Crippen LogP contribution is 2.14. The summed E-state index contributed by atoms with van der Waals surface area (Å²) in [6.45, 7) is 0. The first-order valence-corrected chi connectivity index (χ1v) is 5.16. The van der Waals surface area contributed by atoms with Crippen molar-refractivity contribution < 1.29 is 10.2 Å². The molecule has 0 heterocycles. The molecule has 0 atom stereocenters. The largest absolute Gasteiger partial charge is 0.508 e. The predicted molar refractivity (Wildman–Crippen MR) is 63.9 cm³/mol. The van der Waals surface area contributed by atoms with Crippen LogP contribution in [0, 0.1) is 0 Å². The van der Waals surface area contributed by atoms with E-state index in [-0.39, 0.29) is 11.5 Å². The number of hydrogen-bond donors (Lipinski definition) is 2. The molecular formula is C12H11BrO2. The van der Waals surface area contributed by atoms with Gasteiger partial charge in [0.15, 0.2) is 0 Å². The molecule has 0 aliphatic heterocycles. The summed E-state index contributed by atoms with van der Waals surface area (Å²) < 4.78 is 1.13. The molecule has 2 aromatic rings. The van der Waals surface area contributed by atoms with Crippen LogP contribution in [-0.4, -0.2) is 10.2 Å². The summed E-state index contributed by atoms with van der Waals surface area (Å²) >= 11 is 3.31. The average molecular weight is 267 g/mol. The van der Waals surface area contributed by atoms with Crippen LogP contribution in [0.2, 0.25) is 0 Å². The number of phenols is 2. The highest BCUT2D eigenvalue weighted by molar-refractivity contribution is 9.10. The number of aromatic hydroxyl groups is 2. The third-order valence-corrected chi connectivity index (χ3v) is 2.09. The fraction of sp³-hybridized carbons (Fsp3) is 0. The zero-order chi connectivity index (χ0) is 11.1. The van der Waals surface area contributed by atoms with Crippen LogP contribution in [0.1, 0.15) is 0 Å². The van der Waals surface area contributed by atoms with Gasteiger partial charge in [0.05, 0.1) is 0 Å². The number of halogens is 1. The van der Waals surface area contributed by atoms with Gasteiger partial charge in [0, 0.05) is 10.5 Å². The fourth-order valence-corrected chi connectivity index (χ4v) is 1.21. The Hall–Kier alpha value is -1.48. The smallest absolute Gasteiger partial charge is 0.119 e. The van der Waals surface area contributed by atoms with Crippen molar-refractivity contribution in [1.29, 1.82) is 0 Å². The lowest BCUT2D eigenvalue weighted by molar-refractivity contribution is 0.450. The third-order valence-electron chi connectivity index (χ3n) is 1.56. The minimum atomic E-state index is 0.0880. The van der Waals surface area contributed by atoms with Crippen LogP contribution < -0.4 is 0 Å². The van der Waals surface area contributed by atoms with Crippen LogP contribution in [0.4, 0.5) is 0 Å². The summed E-state index contributed by atoms with van der Waals surface area (Å²) in [7, 11) is 0. The summed E-state index contributed by atoms with van der Waals surface area (Å²) in [6, 6.07) is 15.8. The maximum atomic E-state index is 8.65. The summed E-state index contributed by atoms with van der Waals surface area (Å²) in [5, 5.41) is 17.3. The van der Waals surface area contributed by atoms with Gasteiger partial charge in [-0.1, -0.05) is 40.2 Å². The number of benzene rings is 2. The first kappa shape index (κ1) is 11.6. The van der Waals surface area contributed by atoms with Gasteiger partial charge in [-0.15, -0.1) is 0 Å². The van der Waals surface area contributed by atoms with Crippen molar-refractivity contribution in [2.24, 2.45) is 0 Å². The second kappa shape index (κ2) is 6.09. The standard InChI is InChI=1S/C6H5Br.C6H6O2/c7-6-4-2-1-3-5-6;7-5-2-1-3-6(8)4-5/h1-5H;1-4,7-8H. The lowest BCUT2D eigenvalue weighted by Gasteiger charge is -1.89.